The standard InChI is InChI=1S/C20H40N6O2.HI/c1-3-22-20(24-16-17(2)26-12-14-28-15-13-26)23-8-4-5-9-25-10-6-18(7-11-25)19(21)27;/h17-18H,3-16H2,1-2H3,(H2,21,27)(H2,22,23,24);1H. The van der Waals surface area contributed by atoms with E-state index in [0.29, 0.717) is 6.04 Å². The van der Waals surface area contributed by atoms with E-state index in [4.69, 9.17) is 15.5 Å². The van der Waals surface area contributed by atoms with Gasteiger partial charge in [0.1, 0.15) is 0 Å². The first kappa shape index (κ1) is 26.4. The summed E-state index contributed by atoms with van der Waals surface area (Å²) in [7, 11) is 0. The Morgan fingerprint density at radius 3 is 2.48 bits per heavy atom. The summed E-state index contributed by atoms with van der Waals surface area (Å²) < 4.78 is 5.42. The maximum atomic E-state index is 11.2. The predicted molar refractivity (Wildman–Crippen MR) is 129 cm³/mol. The normalized spacial score (nSPS) is 20.7. The highest BCUT2D eigenvalue weighted by Crippen LogP contribution is 2.16. The third-order valence-electron chi connectivity index (χ3n) is 5.71. The molecule has 2 rings (SSSR count). The average molecular weight is 524 g/mol. The molecule has 0 saturated carbocycles. The number of ether oxygens (including phenoxy) is 1. The number of likely N-dealkylation sites (tertiary alicyclic amines) is 1. The number of rotatable bonds is 10. The lowest BCUT2D eigenvalue weighted by Gasteiger charge is -2.31. The molecule has 4 N–H and O–H groups in total. The van der Waals surface area contributed by atoms with E-state index < -0.39 is 0 Å². The Kier molecular flexibility index (Phi) is 13.8. The molecule has 29 heavy (non-hydrogen) atoms. The van der Waals surface area contributed by atoms with Crippen LogP contribution in [-0.4, -0.2) is 93.3 Å². The Balaban J connectivity index is 0.00000420. The summed E-state index contributed by atoms with van der Waals surface area (Å²) in [6.45, 7) is 13.6. The number of guanidine groups is 1. The number of piperidine rings is 1. The fourth-order valence-electron chi connectivity index (χ4n) is 3.81. The predicted octanol–water partition coefficient (Wildman–Crippen LogP) is 0.858. The van der Waals surface area contributed by atoms with Crippen LogP contribution in [0.5, 0.6) is 0 Å². The maximum Gasteiger partial charge on any atom is 0.220 e. The number of amides is 1. The van der Waals surface area contributed by atoms with Crippen LogP contribution in [0.25, 0.3) is 0 Å². The van der Waals surface area contributed by atoms with Crippen LogP contribution >= 0.6 is 24.0 Å². The van der Waals surface area contributed by atoms with E-state index in [-0.39, 0.29) is 35.8 Å². The van der Waals surface area contributed by atoms with Gasteiger partial charge in [0, 0.05) is 38.1 Å². The summed E-state index contributed by atoms with van der Waals surface area (Å²) in [5, 5.41) is 6.79. The van der Waals surface area contributed by atoms with E-state index in [1.807, 2.05) is 0 Å². The van der Waals surface area contributed by atoms with Crippen molar-refractivity contribution in [2.75, 3.05) is 65.6 Å². The van der Waals surface area contributed by atoms with Gasteiger partial charge in [-0.15, -0.1) is 24.0 Å². The monoisotopic (exact) mass is 524 g/mol. The molecule has 0 aromatic heterocycles. The van der Waals surface area contributed by atoms with Crippen LogP contribution in [0.4, 0.5) is 0 Å². The number of primary amides is 1. The smallest absolute Gasteiger partial charge is 0.220 e. The molecular formula is C20H41IN6O2. The van der Waals surface area contributed by atoms with E-state index in [0.717, 1.165) is 97.2 Å². The quantitative estimate of drug-likeness (QED) is 0.170. The lowest BCUT2D eigenvalue weighted by molar-refractivity contribution is -0.123. The number of hydrogen-bond donors (Lipinski definition) is 3. The second-order valence-electron chi connectivity index (χ2n) is 7.87. The molecule has 1 amide bonds. The van der Waals surface area contributed by atoms with Crippen molar-refractivity contribution in [3.05, 3.63) is 0 Å². The van der Waals surface area contributed by atoms with E-state index in [2.05, 4.69) is 34.3 Å². The van der Waals surface area contributed by atoms with Crippen LogP contribution in [-0.2, 0) is 9.53 Å². The van der Waals surface area contributed by atoms with Crippen molar-refractivity contribution < 1.29 is 9.53 Å². The SMILES string of the molecule is CCNC(=NCC(C)N1CCOCC1)NCCCCN1CCC(C(N)=O)CC1.I. The van der Waals surface area contributed by atoms with Crippen molar-refractivity contribution in [3.8, 4) is 0 Å². The summed E-state index contributed by atoms with van der Waals surface area (Å²) in [5.74, 6) is 0.851. The molecule has 0 spiro atoms. The van der Waals surface area contributed by atoms with Crippen LogP contribution in [0.15, 0.2) is 4.99 Å². The van der Waals surface area contributed by atoms with Gasteiger partial charge in [-0.2, -0.15) is 0 Å². The first-order valence-electron chi connectivity index (χ1n) is 11.0. The molecule has 0 aromatic carbocycles. The lowest BCUT2D eigenvalue weighted by Crippen LogP contribution is -2.44. The van der Waals surface area contributed by atoms with E-state index in [1.165, 1.54) is 0 Å². The minimum Gasteiger partial charge on any atom is -0.379 e. The van der Waals surface area contributed by atoms with Gasteiger partial charge in [0.15, 0.2) is 5.96 Å². The van der Waals surface area contributed by atoms with Crippen LogP contribution in [0.2, 0.25) is 0 Å². The molecule has 1 unspecified atom stereocenters. The number of carbonyl (C=O) groups is 1. The number of nitrogens with one attached hydrogen (secondary N) is 2. The highest BCUT2D eigenvalue weighted by Gasteiger charge is 2.22. The number of halogens is 1. The zero-order chi connectivity index (χ0) is 20.2. The summed E-state index contributed by atoms with van der Waals surface area (Å²) in [6.07, 6.45) is 4.08. The highest BCUT2D eigenvalue weighted by atomic mass is 127. The van der Waals surface area contributed by atoms with E-state index >= 15 is 0 Å². The van der Waals surface area contributed by atoms with Crippen molar-refractivity contribution in [2.24, 2.45) is 16.6 Å². The van der Waals surface area contributed by atoms with Crippen molar-refractivity contribution in [1.82, 2.24) is 20.4 Å². The number of nitrogens with two attached hydrogens (primary N) is 1. The fraction of sp³-hybridized carbons (Fsp3) is 0.900. The van der Waals surface area contributed by atoms with Crippen molar-refractivity contribution in [3.63, 3.8) is 0 Å². The largest absolute Gasteiger partial charge is 0.379 e. The van der Waals surface area contributed by atoms with Crippen LogP contribution in [0.3, 0.4) is 0 Å². The van der Waals surface area contributed by atoms with Crippen LogP contribution in [0.1, 0.15) is 39.5 Å². The fourth-order valence-corrected chi connectivity index (χ4v) is 3.81. The molecule has 0 bridgehead atoms. The van der Waals surface area contributed by atoms with Gasteiger partial charge in [-0.3, -0.25) is 14.7 Å². The van der Waals surface area contributed by atoms with Gasteiger partial charge >= 0.3 is 0 Å². The molecule has 2 heterocycles. The molecule has 170 valence electrons. The second kappa shape index (κ2) is 15.2. The summed E-state index contributed by atoms with van der Waals surface area (Å²) in [5.41, 5.74) is 5.40. The molecule has 2 saturated heterocycles. The molecule has 8 nitrogen and oxygen atoms in total. The molecule has 2 aliphatic heterocycles. The highest BCUT2D eigenvalue weighted by molar-refractivity contribution is 14.0. The molecule has 0 radical (unpaired) electrons. The molecular weight excluding hydrogens is 483 g/mol. The molecule has 0 aromatic rings. The number of morpholine rings is 1. The number of unbranched alkanes of at least 4 members (excludes halogenated alkanes) is 1. The van der Waals surface area contributed by atoms with Gasteiger partial charge in [-0.25, -0.2) is 0 Å². The van der Waals surface area contributed by atoms with Gasteiger partial charge < -0.3 is 26.0 Å². The van der Waals surface area contributed by atoms with Gasteiger partial charge in [-0.1, -0.05) is 0 Å². The zero-order valence-electron chi connectivity index (χ0n) is 18.2. The van der Waals surface area contributed by atoms with Crippen molar-refractivity contribution >= 4 is 35.8 Å². The first-order chi connectivity index (χ1) is 13.6. The molecule has 2 aliphatic rings. The Morgan fingerprint density at radius 1 is 1.17 bits per heavy atom. The van der Waals surface area contributed by atoms with Gasteiger partial charge in [0.25, 0.3) is 0 Å². The average Bonchev–Trinajstić information content (AvgIpc) is 2.72. The molecule has 2 fully saturated rings. The number of aliphatic imine (C=N–C) groups is 1. The Labute approximate surface area is 193 Å². The molecule has 1 atom stereocenters. The Morgan fingerprint density at radius 2 is 1.86 bits per heavy atom. The van der Waals surface area contributed by atoms with Crippen molar-refractivity contribution in [1.29, 1.82) is 0 Å². The molecule has 0 aliphatic carbocycles. The van der Waals surface area contributed by atoms with Crippen LogP contribution in [0, 0.1) is 5.92 Å². The molecule has 9 heteroatoms. The van der Waals surface area contributed by atoms with Gasteiger partial charge in [0.05, 0.1) is 19.8 Å². The summed E-state index contributed by atoms with van der Waals surface area (Å²) in [6, 6.07) is 0.433. The van der Waals surface area contributed by atoms with Gasteiger partial charge in [0.2, 0.25) is 5.91 Å². The number of nitrogens with zero attached hydrogens (tertiary/aromatic N) is 3. The zero-order valence-corrected chi connectivity index (χ0v) is 20.5. The van der Waals surface area contributed by atoms with E-state index in [9.17, 15) is 4.79 Å². The number of hydrogen-bond acceptors (Lipinski definition) is 5. The second-order valence-corrected chi connectivity index (χ2v) is 7.87. The lowest BCUT2D eigenvalue weighted by atomic mass is 9.96. The van der Waals surface area contributed by atoms with E-state index in [1.54, 1.807) is 0 Å². The minimum atomic E-state index is -0.137. The third-order valence-corrected chi connectivity index (χ3v) is 5.71. The van der Waals surface area contributed by atoms with Gasteiger partial charge in [-0.05, 0) is 59.2 Å². The van der Waals surface area contributed by atoms with Crippen LogP contribution < -0.4 is 16.4 Å². The summed E-state index contributed by atoms with van der Waals surface area (Å²) in [4.78, 5) is 20.9. The van der Waals surface area contributed by atoms with Crippen molar-refractivity contribution in [2.45, 2.75) is 45.6 Å². The summed E-state index contributed by atoms with van der Waals surface area (Å²) >= 11 is 0. The maximum absolute atomic E-state index is 11.2. The minimum absolute atomic E-state index is 0. The third kappa shape index (κ3) is 10.3. The topological polar surface area (TPSA) is 95.2 Å². The Bertz CT molecular complexity index is 480. The Hall–Kier alpha value is -0.650. The number of carbonyl (C=O) groups excluding carboxylic acids is 1. The first-order valence-corrected chi connectivity index (χ1v) is 11.0.